The van der Waals surface area contributed by atoms with Crippen LogP contribution in [0.5, 0.6) is 11.8 Å². The highest BCUT2D eigenvalue weighted by Gasteiger charge is 2.32. The number of nitrogens with zero attached hydrogens (tertiary/aromatic N) is 5. The van der Waals surface area contributed by atoms with Crippen molar-refractivity contribution < 1.29 is 10.2 Å². The molecule has 0 saturated carbocycles. The average Bonchev–Trinajstić information content (AvgIpc) is 3.00. The van der Waals surface area contributed by atoms with Gasteiger partial charge in [-0.3, -0.25) is 9.47 Å². The number of fused-ring (bicyclic) bond motifs is 1. The highest BCUT2D eigenvalue weighted by molar-refractivity contribution is 5.50. The molecule has 1 aliphatic heterocycles. The molecule has 1 saturated heterocycles. The lowest BCUT2D eigenvalue weighted by Crippen LogP contribution is -2.47. The van der Waals surface area contributed by atoms with Crippen molar-refractivity contribution in [3.8, 4) is 11.8 Å². The van der Waals surface area contributed by atoms with Gasteiger partial charge in [-0.15, -0.1) is 0 Å². The summed E-state index contributed by atoms with van der Waals surface area (Å²) in [4.78, 5) is 13.4. The molecule has 1 fully saturated rings. The van der Waals surface area contributed by atoms with E-state index in [0.717, 1.165) is 75.5 Å². The predicted molar refractivity (Wildman–Crippen MR) is 114 cm³/mol. The zero-order valence-corrected chi connectivity index (χ0v) is 17.6. The lowest BCUT2D eigenvalue weighted by molar-refractivity contribution is 0.248. The zero-order valence-electron chi connectivity index (χ0n) is 17.6. The third-order valence-corrected chi connectivity index (χ3v) is 6.61. The second-order valence-corrected chi connectivity index (χ2v) is 8.59. The van der Waals surface area contributed by atoms with Crippen LogP contribution in [0.1, 0.15) is 62.5 Å². The average molecular weight is 400 g/mol. The first-order valence-corrected chi connectivity index (χ1v) is 10.9. The van der Waals surface area contributed by atoms with Gasteiger partial charge < -0.3 is 15.1 Å². The number of piperazine rings is 1. The lowest BCUT2D eigenvalue weighted by atomic mass is 9.80. The van der Waals surface area contributed by atoms with Gasteiger partial charge in [0.2, 0.25) is 5.95 Å². The van der Waals surface area contributed by atoms with Gasteiger partial charge in [0.1, 0.15) is 0 Å². The molecule has 2 unspecified atom stereocenters. The Labute approximate surface area is 173 Å². The predicted octanol–water partition coefficient (Wildman–Crippen LogP) is 3.29. The van der Waals surface area contributed by atoms with Gasteiger partial charge in [0.15, 0.2) is 11.8 Å². The Bertz CT molecular complexity index is 781. The van der Waals surface area contributed by atoms with Crippen LogP contribution in [0.15, 0.2) is 18.5 Å². The first kappa shape index (κ1) is 20.0. The first-order chi connectivity index (χ1) is 14.1. The van der Waals surface area contributed by atoms with Gasteiger partial charge in [-0.05, 0) is 50.1 Å². The minimum atomic E-state index is 0.285. The standard InChI is InChI=1S/C22H33N5O2/c1-16-6-7-17(2)19-18(16)20(28)27(21(19)29)11-4-3-10-25-12-14-26(15-13-25)22-23-8-5-9-24-22/h5,8-9,16-17,28-29H,3-4,6-7,10-15H2,1-2H3. The molecule has 0 bridgehead atoms. The van der Waals surface area contributed by atoms with E-state index in [9.17, 15) is 10.2 Å². The third kappa shape index (κ3) is 4.06. The molecule has 4 rings (SSSR count). The number of unbranched alkanes of at least 4 members (excludes halogenated alkanes) is 1. The molecule has 2 atom stereocenters. The highest BCUT2D eigenvalue weighted by atomic mass is 16.3. The molecule has 1 aliphatic carbocycles. The molecule has 2 aliphatic rings. The van der Waals surface area contributed by atoms with Crippen LogP contribution in [0.4, 0.5) is 5.95 Å². The van der Waals surface area contributed by atoms with Gasteiger partial charge in [0.05, 0.1) is 0 Å². The fraction of sp³-hybridized carbons (Fsp3) is 0.636. The maximum atomic E-state index is 10.7. The van der Waals surface area contributed by atoms with Crippen molar-refractivity contribution in [2.75, 3.05) is 37.6 Å². The molecule has 2 N–H and O–H groups in total. The largest absolute Gasteiger partial charge is 0.494 e. The molecular formula is C22H33N5O2. The zero-order chi connectivity index (χ0) is 20.4. The Morgan fingerprint density at radius 3 is 2.00 bits per heavy atom. The summed E-state index contributed by atoms with van der Waals surface area (Å²) in [5.41, 5.74) is 1.95. The number of aromatic hydroxyl groups is 2. The molecule has 29 heavy (non-hydrogen) atoms. The molecule has 3 heterocycles. The van der Waals surface area contributed by atoms with Crippen LogP contribution in [0.3, 0.4) is 0 Å². The van der Waals surface area contributed by atoms with Crippen LogP contribution >= 0.6 is 0 Å². The van der Waals surface area contributed by atoms with Crippen molar-refractivity contribution >= 4 is 5.95 Å². The smallest absolute Gasteiger partial charge is 0.225 e. The van der Waals surface area contributed by atoms with Gasteiger partial charge in [-0.25, -0.2) is 9.97 Å². The van der Waals surface area contributed by atoms with E-state index in [-0.39, 0.29) is 11.8 Å². The summed E-state index contributed by atoms with van der Waals surface area (Å²) in [6.07, 6.45) is 7.73. The van der Waals surface area contributed by atoms with Crippen LogP contribution in [-0.2, 0) is 6.54 Å². The minimum absolute atomic E-state index is 0.285. The summed E-state index contributed by atoms with van der Waals surface area (Å²) in [7, 11) is 0. The number of hydrogen-bond acceptors (Lipinski definition) is 6. The summed E-state index contributed by atoms with van der Waals surface area (Å²) in [6, 6.07) is 1.85. The summed E-state index contributed by atoms with van der Waals surface area (Å²) in [5.74, 6) is 2.02. The van der Waals surface area contributed by atoms with Gasteiger partial charge in [0, 0.05) is 56.2 Å². The van der Waals surface area contributed by atoms with Crippen molar-refractivity contribution in [1.29, 1.82) is 0 Å². The topological polar surface area (TPSA) is 77.7 Å². The fourth-order valence-electron chi connectivity index (χ4n) is 4.84. The molecule has 2 aromatic heterocycles. The third-order valence-electron chi connectivity index (χ3n) is 6.61. The Morgan fingerprint density at radius 1 is 0.862 bits per heavy atom. The monoisotopic (exact) mass is 399 g/mol. The van der Waals surface area contributed by atoms with Crippen LogP contribution in [-0.4, -0.2) is 62.4 Å². The first-order valence-electron chi connectivity index (χ1n) is 10.9. The van der Waals surface area contributed by atoms with E-state index in [4.69, 9.17) is 0 Å². The summed E-state index contributed by atoms with van der Waals surface area (Å²) < 4.78 is 1.73. The molecule has 0 spiro atoms. The molecular weight excluding hydrogens is 366 g/mol. The van der Waals surface area contributed by atoms with E-state index in [2.05, 4.69) is 33.6 Å². The number of anilines is 1. The van der Waals surface area contributed by atoms with E-state index in [1.54, 1.807) is 17.0 Å². The van der Waals surface area contributed by atoms with E-state index >= 15 is 0 Å². The molecule has 0 radical (unpaired) electrons. The van der Waals surface area contributed by atoms with Crippen molar-refractivity contribution in [2.24, 2.45) is 0 Å². The van der Waals surface area contributed by atoms with Crippen molar-refractivity contribution in [2.45, 2.75) is 57.9 Å². The van der Waals surface area contributed by atoms with Crippen LogP contribution in [0.25, 0.3) is 0 Å². The quantitative estimate of drug-likeness (QED) is 0.726. The van der Waals surface area contributed by atoms with Crippen LogP contribution in [0.2, 0.25) is 0 Å². The maximum Gasteiger partial charge on any atom is 0.225 e. The summed E-state index contributed by atoms with van der Waals surface area (Å²) >= 11 is 0. The van der Waals surface area contributed by atoms with E-state index in [0.29, 0.717) is 18.4 Å². The Morgan fingerprint density at radius 2 is 1.41 bits per heavy atom. The van der Waals surface area contributed by atoms with Crippen LogP contribution in [0, 0.1) is 0 Å². The summed E-state index contributed by atoms with van der Waals surface area (Å²) in [5, 5.41) is 21.4. The normalized spacial score (nSPS) is 22.6. The van der Waals surface area contributed by atoms with Crippen molar-refractivity contribution in [3.63, 3.8) is 0 Å². The molecule has 0 aromatic carbocycles. The molecule has 2 aromatic rings. The Balaban J connectivity index is 1.26. The van der Waals surface area contributed by atoms with Gasteiger partial charge >= 0.3 is 0 Å². The fourth-order valence-corrected chi connectivity index (χ4v) is 4.84. The number of aromatic nitrogens is 3. The number of hydrogen-bond donors (Lipinski definition) is 2. The van der Waals surface area contributed by atoms with E-state index < -0.39 is 0 Å². The molecule has 0 amide bonds. The second-order valence-electron chi connectivity index (χ2n) is 8.59. The highest BCUT2D eigenvalue weighted by Crippen LogP contribution is 2.49. The van der Waals surface area contributed by atoms with Gasteiger partial charge in [-0.1, -0.05) is 13.8 Å². The molecule has 7 nitrogen and oxygen atoms in total. The SMILES string of the molecule is CC1CCC(C)c2c1c(O)n(CCCCN1CCN(c3ncccn3)CC1)c2O. The van der Waals surface area contributed by atoms with Crippen molar-refractivity contribution in [1.82, 2.24) is 19.4 Å². The van der Waals surface area contributed by atoms with Gasteiger partial charge in [-0.2, -0.15) is 0 Å². The lowest BCUT2D eigenvalue weighted by Gasteiger charge is -2.34. The Hall–Kier alpha value is -2.28. The second kappa shape index (κ2) is 8.61. The maximum absolute atomic E-state index is 10.7. The van der Waals surface area contributed by atoms with E-state index in [1.807, 2.05) is 6.07 Å². The minimum Gasteiger partial charge on any atom is -0.494 e. The van der Waals surface area contributed by atoms with Crippen LogP contribution < -0.4 is 4.90 Å². The Kier molecular flexibility index (Phi) is 5.94. The molecule has 158 valence electrons. The number of rotatable bonds is 6. The van der Waals surface area contributed by atoms with Crippen molar-refractivity contribution in [3.05, 3.63) is 29.6 Å². The van der Waals surface area contributed by atoms with E-state index in [1.165, 1.54) is 0 Å². The molecule has 7 heteroatoms. The van der Waals surface area contributed by atoms with Gasteiger partial charge in [0.25, 0.3) is 0 Å². The summed E-state index contributed by atoms with van der Waals surface area (Å²) in [6.45, 7) is 9.93.